The summed E-state index contributed by atoms with van der Waals surface area (Å²) >= 11 is 1.54. The van der Waals surface area contributed by atoms with Crippen molar-refractivity contribution in [2.75, 3.05) is 5.73 Å². The van der Waals surface area contributed by atoms with E-state index >= 15 is 0 Å². The number of carbonyl (C=O) groups excluding carboxylic acids is 1. The minimum atomic E-state index is 0.0596. The molecule has 1 aliphatic rings. The molecule has 0 atom stereocenters. The first kappa shape index (κ1) is 13.4. The standard InChI is InChI=1S/C16H20N2OS/c1-10-2-5-13(6-3-10)18-16(19)15-9-11-8-12(17)4-7-14(11)20-15/h4,7-10,13H,2-3,5-6,17H2,1H3,(H,18,19). The molecule has 106 valence electrons. The minimum Gasteiger partial charge on any atom is -0.399 e. The number of fused-ring (bicyclic) bond motifs is 1. The summed E-state index contributed by atoms with van der Waals surface area (Å²) in [7, 11) is 0. The molecule has 0 saturated heterocycles. The van der Waals surface area contributed by atoms with Gasteiger partial charge in [-0.1, -0.05) is 6.92 Å². The smallest absolute Gasteiger partial charge is 0.261 e. The lowest BCUT2D eigenvalue weighted by molar-refractivity contribution is 0.0927. The normalized spacial score (nSPS) is 22.9. The third-order valence-electron chi connectivity index (χ3n) is 4.12. The summed E-state index contributed by atoms with van der Waals surface area (Å²) in [6.07, 6.45) is 4.64. The first-order valence-electron chi connectivity index (χ1n) is 7.22. The topological polar surface area (TPSA) is 55.1 Å². The first-order valence-corrected chi connectivity index (χ1v) is 8.03. The van der Waals surface area contributed by atoms with Crippen LogP contribution < -0.4 is 11.1 Å². The number of hydrogen-bond acceptors (Lipinski definition) is 3. The molecule has 3 rings (SSSR count). The van der Waals surface area contributed by atoms with Gasteiger partial charge in [0.05, 0.1) is 4.88 Å². The van der Waals surface area contributed by atoms with Crippen molar-refractivity contribution >= 4 is 33.0 Å². The van der Waals surface area contributed by atoms with E-state index in [1.807, 2.05) is 24.3 Å². The van der Waals surface area contributed by atoms with Gasteiger partial charge in [0, 0.05) is 16.4 Å². The Labute approximate surface area is 123 Å². The summed E-state index contributed by atoms with van der Waals surface area (Å²) in [6, 6.07) is 8.06. The molecule has 0 bridgehead atoms. The van der Waals surface area contributed by atoms with Crippen LogP contribution in [0.5, 0.6) is 0 Å². The number of nitrogens with one attached hydrogen (secondary N) is 1. The molecule has 0 spiro atoms. The van der Waals surface area contributed by atoms with Crippen LogP contribution in [0.25, 0.3) is 10.1 Å². The number of amides is 1. The Hall–Kier alpha value is -1.55. The molecule has 0 aliphatic heterocycles. The van der Waals surface area contributed by atoms with Crippen LogP contribution in [0.3, 0.4) is 0 Å². The molecule has 1 aromatic heterocycles. The maximum absolute atomic E-state index is 12.3. The summed E-state index contributed by atoms with van der Waals surface area (Å²) in [6.45, 7) is 2.29. The molecule has 1 aromatic carbocycles. The van der Waals surface area contributed by atoms with E-state index in [1.165, 1.54) is 24.2 Å². The Morgan fingerprint density at radius 3 is 2.75 bits per heavy atom. The highest BCUT2D eigenvalue weighted by atomic mass is 32.1. The van der Waals surface area contributed by atoms with Gasteiger partial charge in [0.1, 0.15) is 0 Å². The SMILES string of the molecule is CC1CCC(NC(=O)c2cc3cc(N)ccc3s2)CC1. The Morgan fingerprint density at radius 1 is 1.25 bits per heavy atom. The second-order valence-corrected chi connectivity index (χ2v) is 6.92. The molecule has 2 aromatic rings. The van der Waals surface area contributed by atoms with Gasteiger partial charge in [-0.15, -0.1) is 11.3 Å². The molecule has 1 heterocycles. The van der Waals surface area contributed by atoms with E-state index < -0.39 is 0 Å². The van der Waals surface area contributed by atoms with Gasteiger partial charge in [0.25, 0.3) is 5.91 Å². The van der Waals surface area contributed by atoms with E-state index in [4.69, 9.17) is 5.73 Å². The predicted octanol–water partition coefficient (Wildman–Crippen LogP) is 3.79. The Bertz CT molecular complexity index is 626. The van der Waals surface area contributed by atoms with Crippen molar-refractivity contribution in [1.29, 1.82) is 0 Å². The van der Waals surface area contributed by atoms with E-state index in [1.54, 1.807) is 0 Å². The summed E-state index contributed by atoms with van der Waals surface area (Å²) in [5.74, 6) is 0.861. The maximum atomic E-state index is 12.3. The first-order chi connectivity index (χ1) is 9.61. The van der Waals surface area contributed by atoms with Crippen molar-refractivity contribution in [2.24, 2.45) is 5.92 Å². The average molecular weight is 288 g/mol. The van der Waals surface area contributed by atoms with Gasteiger partial charge in [0.2, 0.25) is 0 Å². The molecule has 1 aliphatic carbocycles. The van der Waals surface area contributed by atoms with Crippen molar-refractivity contribution in [1.82, 2.24) is 5.32 Å². The van der Waals surface area contributed by atoms with E-state index in [9.17, 15) is 4.79 Å². The molecule has 1 amide bonds. The van der Waals surface area contributed by atoms with Crippen LogP contribution in [0.15, 0.2) is 24.3 Å². The Morgan fingerprint density at radius 2 is 2.00 bits per heavy atom. The van der Waals surface area contributed by atoms with Crippen molar-refractivity contribution in [3.8, 4) is 0 Å². The van der Waals surface area contributed by atoms with Crippen molar-refractivity contribution in [2.45, 2.75) is 38.6 Å². The monoisotopic (exact) mass is 288 g/mol. The number of hydrogen-bond donors (Lipinski definition) is 2. The van der Waals surface area contributed by atoms with Gasteiger partial charge < -0.3 is 11.1 Å². The number of nitrogens with two attached hydrogens (primary N) is 1. The highest BCUT2D eigenvalue weighted by Crippen LogP contribution is 2.28. The lowest BCUT2D eigenvalue weighted by atomic mass is 9.87. The average Bonchev–Trinajstić information content (AvgIpc) is 2.84. The highest BCUT2D eigenvalue weighted by Gasteiger charge is 2.21. The summed E-state index contributed by atoms with van der Waals surface area (Å²) in [4.78, 5) is 13.1. The van der Waals surface area contributed by atoms with E-state index in [0.29, 0.717) is 6.04 Å². The third kappa shape index (κ3) is 2.80. The highest BCUT2D eigenvalue weighted by molar-refractivity contribution is 7.20. The minimum absolute atomic E-state index is 0.0596. The number of rotatable bonds is 2. The molecule has 0 radical (unpaired) electrons. The molecule has 4 heteroatoms. The number of benzene rings is 1. The fraction of sp³-hybridized carbons (Fsp3) is 0.438. The molecule has 20 heavy (non-hydrogen) atoms. The molecule has 3 nitrogen and oxygen atoms in total. The van der Waals surface area contributed by atoms with Crippen molar-refractivity contribution < 1.29 is 4.79 Å². The third-order valence-corrected chi connectivity index (χ3v) is 5.23. The van der Waals surface area contributed by atoms with Crippen LogP contribution in [0.2, 0.25) is 0 Å². The van der Waals surface area contributed by atoms with Gasteiger partial charge in [0.15, 0.2) is 0 Å². The molecular formula is C16H20N2OS. The number of nitrogen functional groups attached to an aromatic ring is 1. The van der Waals surface area contributed by atoms with Gasteiger partial charge in [-0.2, -0.15) is 0 Å². The molecule has 1 fully saturated rings. The van der Waals surface area contributed by atoms with E-state index in [-0.39, 0.29) is 5.91 Å². The summed E-state index contributed by atoms with van der Waals surface area (Å²) < 4.78 is 1.11. The van der Waals surface area contributed by atoms with Crippen LogP contribution in [-0.2, 0) is 0 Å². The Kier molecular flexibility index (Phi) is 3.66. The summed E-state index contributed by atoms with van der Waals surface area (Å²) in [5.41, 5.74) is 6.52. The van der Waals surface area contributed by atoms with Crippen molar-refractivity contribution in [3.05, 3.63) is 29.1 Å². The summed E-state index contributed by atoms with van der Waals surface area (Å²) in [5, 5.41) is 4.22. The number of anilines is 1. The lowest BCUT2D eigenvalue weighted by Gasteiger charge is -2.26. The van der Waals surface area contributed by atoms with Crippen LogP contribution >= 0.6 is 11.3 Å². The number of thiophene rings is 1. The maximum Gasteiger partial charge on any atom is 0.261 e. The van der Waals surface area contributed by atoms with Gasteiger partial charge in [-0.05, 0) is 61.3 Å². The van der Waals surface area contributed by atoms with Crippen LogP contribution in [0.4, 0.5) is 5.69 Å². The molecule has 3 N–H and O–H groups in total. The predicted molar refractivity (Wildman–Crippen MR) is 85.1 cm³/mol. The Balaban J connectivity index is 1.72. The largest absolute Gasteiger partial charge is 0.399 e. The van der Waals surface area contributed by atoms with Gasteiger partial charge in [-0.25, -0.2) is 0 Å². The second-order valence-electron chi connectivity index (χ2n) is 5.84. The fourth-order valence-corrected chi connectivity index (χ4v) is 3.78. The van der Waals surface area contributed by atoms with Crippen LogP contribution in [0, 0.1) is 5.92 Å². The molecule has 0 unspecified atom stereocenters. The van der Waals surface area contributed by atoms with Crippen LogP contribution in [-0.4, -0.2) is 11.9 Å². The second kappa shape index (κ2) is 5.44. The fourth-order valence-electron chi connectivity index (χ4n) is 2.83. The van der Waals surface area contributed by atoms with Crippen molar-refractivity contribution in [3.63, 3.8) is 0 Å². The van der Waals surface area contributed by atoms with E-state index in [0.717, 1.165) is 39.4 Å². The zero-order valence-electron chi connectivity index (χ0n) is 11.7. The van der Waals surface area contributed by atoms with Crippen LogP contribution in [0.1, 0.15) is 42.3 Å². The quantitative estimate of drug-likeness (QED) is 0.826. The molecular weight excluding hydrogens is 268 g/mol. The van der Waals surface area contributed by atoms with Gasteiger partial charge >= 0.3 is 0 Å². The lowest BCUT2D eigenvalue weighted by Crippen LogP contribution is -2.36. The zero-order valence-corrected chi connectivity index (χ0v) is 12.5. The number of carbonyl (C=O) groups is 1. The van der Waals surface area contributed by atoms with Gasteiger partial charge in [-0.3, -0.25) is 4.79 Å². The zero-order chi connectivity index (χ0) is 14.1. The van der Waals surface area contributed by atoms with E-state index in [2.05, 4.69) is 12.2 Å². The molecule has 1 saturated carbocycles.